The summed E-state index contributed by atoms with van der Waals surface area (Å²) in [6, 6.07) is 8.24. The number of nitriles is 1. The van der Waals surface area contributed by atoms with Crippen molar-refractivity contribution in [1.29, 1.82) is 5.26 Å². The van der Waals surface area contributed by atoms with Crippen molar-refractivity contribution in [2.24, 2.45) is 5.14 Å². The molecule has 3 N–H and O–H groups in total. The molecule has 24 heavy (non-hydrogen) atoms. The van der Waals surface area contributed by atoms with Crippen LogP contribution in [0.25, 0.3) is 0 Å². The van der Waals surface area contributed by atoms with Gasteiger partial charge in [-0.2, -0.15) is 5.26 Å². The lowest BCUT2D eigenvalue weighted by molar-refractivity contribution is -0.117. The van der Waals surface area contributed by atoms with E-state index in [9.17, 15) is 18.5 Å². The third kappa shape index (κ3) is 4.91. The minimum absolute atomic E-state index is 0.0593. The van der Waals surface area contributed by atoms with Crippen LogP contribution in [-0.4, -0.2) is 20.9 Å². The Bertz CT molecular complexity index is 766. The SMILES string of the molecule is N#CC(C(=O)NCCc1ccc(S(N)(=O)=O)cc1)=C1CCCCC1. The molecule has 0 atom stereocenters. The molecule has 0 heterocycles. The Kier molecular flexibility index (Phi) is 6.12. The van der Waals surface area contributed by atoms with Gasteiger partial charge in [0.25, 0.3) is 5.91 Å². The van der Waals surface area contributed by atoms with Gasteiger partial charge in [0, 0.05) is 6.54 Å². The van der Waals surface area contributed by atoms with Crippen LogP contribution in [0.15, 0.2) is 40.3 Å². The molecule has 2 rings (SSSR count). The number of primary sulfonamides is 1. The van der Waals surface area contributed by atoms with E-state index in [1.807, 2.05) is 6.07 Å². The molecule has 0 spiro atoms. The maximum absolute atomic E-state index is 12.2. The standard InChI is InChI=1S/C17H21N3O3S/c18-12-16(14-4-2-1-3-5-14)17(21)20-11-10-13-6-8-15(9-7-13)24(19,22)23/h6-9H,1-5,10-11H2,(H,20,21)(H2,19,22,23). The highest BCUT2D eigenvalue weighted by Crippen LogP contribution is 2.25. The van der Waals surface area contributed by atoms with Gasteiger partial charge in [0.15, 0.2) is 0 Å². The van der Waals surface area contributed by atoms with Crippen LogP contribution in [0.2, 0.25) is 0 Å². The number of hydrogen-bond acceptors (Lipinski definition) is 4. The maximum atomic E-state index is 12.2. The second-order valence-corrected chi connectivity index (χ2v) is 7.41. The molecule has 1 amide bonds. The van der Waals surface area contributed by atoms with Gasteiger partial charge in [0.05, 0.1) is 4.90 Å². The van der Waals surface area contributed by atoms with Crippen molar-refractivity contribution < 1.29 is 13.2 Å². The van der Waals surface area contributed by atoms with Crippen LogP contribution in [0, 0.1) is 11.3 Å². The molecule has 7 heteroatoms. The number of sulfonamides is 1. The quantitative estimate of drug-likeness (QED) is 0.624. The van der Waals surface area contributed by atoms with Crippen molar-refractivity contribution in [2.75, 3.05) is 6.54 Å². The molecule has 1 aliphatic rings. The van der Waals surface area contributed by atoms with Crippen molar-refractivity contribution in [3.05, 3.63) is 41.0 Å². The topological polar surface area (TPSA) is 113 Å². The minimum atomic E-state index is -3.69. The van der Waals surface area contributed by atoms with E-state index in [1.54, 1.807) is 12.1 Å². The first-order valence-electron chi connectivity index (χ1n) is 7.94. The first-order chi connectivity index (χ1) is 11.4. The van der Waals surface area contributed by atoms with Crippen LogP contribution in [0.3, 0.4) is 0 Å². The number of nitrogens with two attached hydrogens (primary N) is 1. The predicted octanol–water partition coefficient (Wildman–Crippen LogP) is 1.78. The molecule has 0 unspecified atom stereocenters. The van der Waals surface area contributed by atoms with Gasteiger partial charge in [-0.15, -0.1) is 0 Å². The van der Waals surface area contributed by atoms with Gasteiger partial charge in [-0.05, 0) is 55.4 Å². The fraction of sp³-hybridized carbons (Fsp3) is 0.412. The summed E-state index contributed by atoms with van der Waals surface area (Å²) in [5.41, 5.74) is 2.09. The highest BCUT2D eigenvalue weighted by Gasteiger charge is 2.17. The zero-order valence-electron chi connectivity index (χ0n) is 13.4. The van der Waals surface area contributed by atoms with E-state index >= 15 is 0 Å². The summed E-state index contributed by atoms with van der Waals surface area (Å²) in [4.78, 5) is 12.2. The van der Waals surface area contributed by atoms with E-state index in [2.05, 4.69) is 5.32 Å². The summed E-state index contributed by atoms with van der Waals surface area (Å²) in [5.74, 6) is -0.324. The van der Waals surface area contributed by atoms with Crippen molar-refractivity contribution in [1.82, 2.24) is 5.32 Å². The second kappa shape index (κ2) is 8.08. The van der Waals surface area contributed by atoms with Gasteiger partial charge in [-0.3, -0.25) is 4.79 Å². The van der Waals surface area contributed by atoms with Crippen molar-refractivity contribution >= 4 is 15.9 Å². The molecule has 1 saturated carbocycles. The van der Waals surface area contributed by atoms with E-state index in [1.165, 1.54) is 12.1 Å². The first-order valence-corrected chi connectivity index (χ1v) is 9.48. The monoisotopic (exact) mass is 347 g/mol. The lowest BCUT2D eigenvalue weighted by Crippen LogP contribution is -2.28. The zero-order chi connectivity index (χ0) is 17.6. The summed E-state index contributed by atoms with van der Waals surface area (Å²) in [6.07, 6.45) is 5.41. The van der Waals surface area contributed by atoms with Crippen LogP contribution in [0.1, 0.15) is 37.7 Å². The Morgan fingerprint density at radius 3 is 2.33 bits per heavy atom. The summed E-state index contributed by atoms with van der Waals surface area (Å²) in [6.45, 7) is 0.381. The predicted molar refractivity (Wildman–Crippen MR) is 90.3 cm³/mol. The molecule has 128 valence electrons. The summed E-state index contributed by atoms with van der Waals surface area (Å²) < 4.78 is 22.4. The number of nitrogens with one attached hydrogen (secondary N) is 1. The van der Waals surface area contributed by atoms with Crippen molar-refractivity contribution in [3.8, 4) is 6.07 Å². The molecule has 0 aromatic heterocycles. The average Bonchev–Trinajstić information content (AvgIpc) is 2.56. The fourth-order valence-corrected chi connectivity index (χ4v) is 3.29. The summed E-state index contributed by atoms with van der Waals surface area (Å²) in [7, 11) is -3.69. The Morgan fingerprint density at radius 2 is 1.79 bits per heavy atom. The van der Waals surface area contributed by atoms with E-state index in [0.29, 0.717) is 13.0 Å². The summed E-state index contributed by atoms with van der Waals surface area (Å²) in [5, 5.41) is 17.0. The smallest absolute Gasteiger partial charge is 0.261 e. The Labute approximate surface area is 142 Å². The lowest BCUT2D eigenvalue weighted by Gasteiger charge is -2.15. The molecule has 0 radical (unpaired) electrons. The number of nitrogens with zero attached hydrogens (tertiary/aromatic N) is 1. The van der Waals surface area contributed by atoms with Crippen LogP contribution in [0.5, 0.6) is 0 Å². The Balaban J connectivity index is 1.91. The molecule has 1 fully saturated rings. The van der Waals surface area contributed by atoms with Gasteiger partial charge in [-0.25, -0.2) is 13.6 Å². The normalized spacial score (nSPS) is 14.8. The van der Waals surface area contributed by atoms with Crippen LogP contribution in [0.4, 0.5) is 0 Å². The minimum Gasteiger partial charge on any atom is -0.351 e. The largest absolute Gasteiger partial charge is 0.351 e. The molecule has 0 bridgehead atoms. The molecule has 1 aliphatic carbocycles. The number of hydrogen-bond donors (Lipinski definition) is 2. The number of benzene rings is 1. The average molecular weight is 347 g/mol. The molecule has 6 nitrogen and oxygen atoms in total. The maximum Gasteiger partial charge on any atom is 0.261 e. The van der Waals surface area contributed by atoms with Crippen LogP contribution < -0.4 is 10.5 Å². The van der Waals surface area contributed by atoms with Crippen molar-refractivity contribution in [3.63, 3.8) is 0 Å². The third-order valence-corrected chi connectivity index (χ3v) is 5.03. The van der Waals surface area contributed by atoms with Crippen molar-refractivity contribution in [2.45, 2.75) is 43.4 Å². The number of carbonyl (C=O) groups excluding carboxylic acids is 1. The number of carbonyl (C=O) groups is 1. The van der Waals surface area contributed by atoms with Crippen LogP contribution >= 0.6 is 0 Å². The Hall–Kier alpha value is -2.17. The number of rotatable bonds is 5. The molecule has 1 aromatic carbocycles. The van der Waals surface area contributed by atoms with E-state index in [4.69, 9.17) is 5.14 Å². The van der Waals surface area contributed by atoms with Gasteiger partial charge < -0.3 is 5.32 Å². The zero-order valence-corrected chi connectivity index (χ0v) is 14.2. The Morgan fingerprint density at radius 1 is 1.17 bits per heavy atom. The first kappa shape index (κ1) is 18.2. The van der Waals surface area contributed by atoms with Gasteiger partial charge in [0.2, 0.25) is 10.0 Å². The third-order valence-electron chi connectivity index (χ3n) is 4.10. The van der Waals surface area contributed by atoms with E-state index < -0.39 is 10.0 Å². The number of amides is 1. The van der Waals surface area contributed by atoms with Gasteiger partial charge >= 0.3 is 0 Å². The molecule has 0 saturated heterocycles. The molecular formula is C17H21N3O3S. The van der Waals surface area contributed by atoms with E-state index in [-0.39, 0.29) is 16.4 Å². The summed E-state index contributed by atoms with van der Waals surface area (Å²) >= 11 is 0. The second-order valence-electron chi connectivity index (χ2n) is 5.85. The molecule has 0 aliphatic heterocycles. The fourth-order valence-electron chi connectivity index (χ4n) is 2.77. The molecule has 1 aromatic rings. The van der Waals surface area contributed by atoms with Gasteiger partial charge in [0.1, 0.15) is 11.6 Å². The lowest BCUT2D eigenvalue weighted by atomic mass is 9.91. The van der Waals surface area contributed by atoms with E-state index in [0.717, 1.165) is 43.2 Å². The highest BCUT2D eigenvalue weighted by atomic mass is 32.2. The van der Waals surface area contributed by atoms with Gasteiger partial charge in [-0.1, -0.05) is 18.6 Å². The number of allylic oxidation sites excluding steroid dienone is 1. The molecular weight excluding hydrogens is 326 g/mol. The van der Waals surface area contributed by atoms with Crippen LogP contribution in [-0.2, 0) is 21.2 Å². The highest BCUT2D eigenvalue weighted by molar-refractivity contribution is 7.89.